The first-order chi connectivity index (χ1) is 33.0. The maximum absolute atomic E-state index is 12.7. The van der Waals surface area contributed by atoms with Crippen LogP contribution in [0.1, 0.15) is 245 Å². The third-order valence-corrected chi connectivity index (χ3v) is 13.0. The zero-order valence-electron chi connectivity index (χ0n) is 44.8. The quantitative estimate of drug-likeness (QED) is 0.0195. The van der Waals surface area contributed by atoms with Gasteiger partial charge in [0, 0.05) is 12.8 Å². The molecule has 0 heterocycles. The molecule has 0 radical (unpaired) electrons. The minimum atomic E-state index is -4.65. The Morgan fingerprint density at radius 1 is 0.471 bits per heavy atom. The van der Waals surface area contributed by atoms with Gasteiger partial charge in [-0.25, -0.2) is 0 Å². The molecule has 0 saturated carbocycles. The fraction of sp³-hybridized carbons (Fsp3) is 0.793. The molecule has 68 heavy (non-hydrogen) atoms. The maximum atomic E-state index is 12.7. The fourth-order valence-corrected chi connectivity index (χ4v) is 8.45. The fourth-order valence-electron chi connectivity index (χ4n) is 7.72. The van der Waals surface area contributed by atoms with E-state index in [0.717, 1.165) is 44.9 Å². The van der Waals surface area contributed by atoms with Crippen LogP contribution in [0.2, 0.25) is 0 Å². The van der Waals surface area contributed by atoms with Gasteiger partial charge >= 0.3 is 11.9 Å². The second-order valence-corrected chi connectivity index (χ2v) is 21.3. The van der Waals surface area contributed by atoms with Crippen molar-refractivity contribution in [3.63, 3.8) is 0 Å². The summed E-state index contributed by atoms with van der Waals surface area (Å²) in [6.07, 6.45) is 63.2. The van der Waals surface area contributed by atoms with Crippen LogP contribution in [0.3, 0.4) is 0 Å². The molecule has 0 saturated heterocycles. The van der Waals surface area contributed by atoms with Crippen molar-refractivity contribution in [1.82, 2.24) is 0 Å². The Balaban J connectivity index is 4.04. The van der Waals surface area contributed by atoms with Crippen LogP contribution in [0.5, 0.6) is 0 Å². The lowest BCUT2D eigenvalue weighted by atomic mass is 10.0. The lowest BCUT2D eigenvalue weighted by Crippen LogP contribution is -2.37. The van der Waals surface area contributed by atoms with Crippen molar-refractivity contribution in [3.05, 3.63) is 60.8 Å². The summed E-state index contributed by atoms with van der Waals surface area (Å²) >= 11 is 0. The maximum Gasteiger partial charge on any atom is 0.306 e. The van der Waals surface area contributed by atoms with Crippen LogP contribution in [0.4, 0.5) is 0 Å². The zero-order chi connectivity index (χ0) is 49.9. The van der Waals surface area contributed by atoms with Gasteiger partial charge < -0.3 is 27.9 Å². The molecule has 0 N–H and O–H groups in total. The number of quaternary nitrogens is 1. The number of carbonyl (C=O) groups excluding carboxylic acids is 2. The third kappa shape index (κ3) is 53.1. The van der Waals surface area contributed by atoms with Gasteiger partial charge in [0.25, 0.3) is 7.82 Å². The van der Waals surface area contributed by atoms with Crippen molar-refractivity contribution in [2.75, 3.05) is 47.5 Å². The van der Waals surface area contributed by atoms with Crippen molar-refractivity contribution < 1.29 is 42.1 Å². The Kier molecular flexibility index (Phi) is 48.0. The molecule has 0 aromatic carbocycles. The molecule has 0 rings (SSSR count). The second kappa shape index (κ2) is 49.7. The molecule has 0 spiro atoms. The largest absolute Gasteiger partial charge is 0.756 e. The Morgan fingerprint density at radius 2 is 0.868 bits per heavy atom. The topological polar surface area (TPSA) is 111 Å². The van der Waals surface area contributed by atoms with Crippen LogP contribution in [-0.2, 0) is 32.7 Å². The van der Waals surface area contributed by atoms with E-state index in [1.807, 2.05) is 33.3 Å². The van der Waals surface area contributed by atoms with Gasteiger partial charge in [-0.1, -0.05) is 229 Å². The van der Waals surface area contributed by atoms with E-state index in [2.05, 4.69) is 62.5 Å². The van der Waals surface area contributed by atoms with E-state index >= 15 is 0 Å². The average molecular weight is 976 g/mol. The number of rotatable bonds is 51. The number of phosphoric acid groups is 1. The first-order valence-electron chi connectivity index (χ1n) is 28.0. The molecule has 10 heteroatoms. The smallest absolute Gasteiger partial charge is 0.306 e. The van der Waals surface area contributed by atoms with Gasteiger partial charge in [0.05, 0.1) is 27.7 Å². The van der Waals surface area contributed by atoms with E-state index in [1.54, 1.807) is 0 Å². The lowest BCUT2D eigenvalue weighted by Gasteiger charge is -2.28. The highest BCUT2D eigenvalue weighted by molar-refractivity contribution is 7.45. The Labute approximate surface area is 419 Å². The van der Waals surface area contributed by atoms with Crippen LogP contribution in [-0.4, -0.2) is 70.0 Å². The first kappa shape index (κ1) is 65.7. The Hall–Kier alpha value is -2.29. The molecule has 0 aromatic rings. The molecule has 0 aliphatic heterocycles. The summed E-state index contributed by atoms with van der Waals surface area (Å²) in [5, 5.41) is 0. The van der Waals surface area contributed by atoms with Gasteiger partial charge in [-0.15, -0.1) is 0 Å². The summed E-state index contributed by atoms with van der Waals surface area (Å²) in [5.41, 5.74) is 0. The van der Waals surface area contributed by atoms with Gasteiger partial charge in [0.15, 0.2) is 6.10 Å². The molecular formula is C58H106NO8P. The summed E-state index contributed by atoms with van der Waals surface area (Å²) in [7, 11) is 1.12. The molecule has 0 aromatic heterocycles. The van der Waals surface area contributed by atoms with Gasteiger partial charge in [0.1, 0.15) is 19.8 Å². The first-order valence-corrected chi connectivity index (χ1v) is 29.5. The minimum Gasteiger partial charge on any atom is -0.756 e. The number of phosphoric ester groups is 1. The van der Waals surface area contributed by atoms with Crippen LogP contribution in [0.15, 0.2) is 60.8 Å². The van der Waals surface area contributed by atoms with Crippen molar-refractivity contribution in [1.29, 1.82) is 0 Å². The number of ether oxygens (including phenoxy) is 2. The van der Waals surface area contributed by atoms with Crippen LogP contribution < -0.4 is 4.89 Å². The summed E-state index contributed by atoms with van der Waals surface area (Å²) in [4.78, 5) is 37.6. The standard InChI is InChI=1S/C58H106NO8P/c1-6-8-10-12-14-16-18-20-21-22-23-24-25-26-27-28-29-30-31-32-33-34-35-36-37-39-40-42-44-46-48-50-57(60)64-54-56(55-66-68(62,63)65-53-52-59(3,4)5)67-58(61)51-49-47-45-43-41-38-19-17-15-13-11-9-7-2/h9,11,15,17,22-23,38,41,45,47,56H,6-8,10,12-14,16,18-21,24-37,39-40,42-44,46,48-55H2,1-5H3/b11-9-,17-15-,23-22-,41-38-,47-45-. The monoisotopic (exact) mass is 976 g/mol. The SMILES string of the molecule is CC/C=C\C/C=C\C/C=C\C/C=C\CCC(=O)OC(COC(=O)CCCCCCCCCCCCCCCCCCCCC/C=C\CCCCCCCCCC)COP(=O)([O-])OCC[N+](C)(C)C. The van der Waals surface area contributed by atoms with Crippen molar-refractivity contribution in [2.24, 2.45) is 0 Å². The molecular weight excluding hydrogens is 870 g/mol. The summed E-state index contributed by atoms with van der Waals surface area (Å²) < 4.78 is 33.9. The number of nitrogens with zero attached hydrogens (tertiary/aromatic N) is 1. The van der Waals surface area contributed by atoms with Gasteiger partial charge in [0.2, 0.25) is 0 Å². The molecule has 0 amide bonds. The molecule has 9 nitrogen and oxygen atoms in total. The lowest BCUT2D eigenvalue weighted by molar-refractivity contribution is -0.870. The number of likely N-dealkylation sites (N-methyl/N-ethyl adjacent to an activating group) is 1. The third-order valence-electron chi connectivity index (χ3n) is 12.0. The molecule has 0 fully saturated rings. The van der Waals surface area contributed by atoms with Crippen LogP contribution >= 0.6 is 7.82 Å². The number of allylic oxidation sites excluding steroid dienone is 10. The number of esters is 2. The number of carbonyl (C=O) groups is 2. The summed E-state index contributed by atoms with van der Waals surface area (Å²) in [5.74, 6) is -0.924. The van der Waals surface area contributed by atoms with Crippen LogP contribution in [0.25, 0.3) is 0 Å². The second-order valence-electron chi connectivity index (χ2n) is 19.9. The summed E-state index contributed by atoms with van der Waals surface area (Å²) in [6, 6.07) is 0. The van der Waals surface area contributed by atoms with E-state index < -0.39 is 32.5 Å². The van der Waals surface area contributed by atoms with Crippen molar-refractivity contribution >= 4 is 19.8 Å². The highest BCUT2D eigenvalue weighted by Gasteiger charge is 2.21. The molecule has 0 aliphatic carbocycles. The minimum absolute atomic E-state index is 0.0444. The zero-order valence-corrected chi connectivity index (χ0v) is 45.7. The van der Waals surface area contributed by atoms with E-state index in [9.17, 15) is 19.0 Å². The Bertz CT molecular complexity index is 1340. The highest BCUT2D eigenvalue weighted by Crippen LogP contribution is 2.38. The van der Waals surface area contributed by atoms with Gasteiger partial charge in [-0.2, -0.15) is 0 Å². The molecule has 2 atom stereocenters. The highest BCUT2D eigenvalue weighted by atomic mass is 31.2. The molecule has 0 aliphatic rings. The normalized spacial score (nSPS) is 13.8. The average Bonchev–Trinajstić information content (AvgIpc) is 3.30. The summed E-state index contributed by atoms with van der Waals surface area (Å²) in [6.45, 7) is 4.05. The number of hydrogen-bond acceptors (Lipinski definition) is 8. The van der Waals surface area contributed by atoms with E-state index in [1.165, 1.54) is 167 Å². The van der Waals surface area contributed by atoms with Gasteiger partial charge in [-0.3, -0.25) is 14.2 Å². The van der Waals surface area contributed by atoms with Crippen molar-refractivity contribution in [2.45, 2.75) is 251 Å². The molecule has 0 bridgehead atoms. The number of hydrogen-bond donors (Lipinski definition) is 0. The predicted octanol–water partition coefficient (Wildman–Crippen LogP) is 16.5. The Morgan fingerprint density at radius 3 is 1.31 bits per heavy atom. The molecule has 2 unspecified atom stereocenters. The van der Waals surface area contributed by atoms with Crippen LogP contribution in [0, 0.1) is 0 Å². The van der Waals surface area contributed by atoms with E-state index in [4.69, 9.17) is 18.5 Å². The molecule has 396 valence electrons. The van der Waals surface area contributed by atoms with Crippen molar-refractivity contribution in [3.8, 4) is 0 Å². The number of unbranched alkanes of at least 4 members (excludes halogenated alkanes) is 27. The van der Waals surface area contributed by atoms with E-state index in [0.29, 0.717) is 17.4 Å². The predicted molar refractivity (Wildman–Crippen MR) is 287 cm³/mol. The van der Waals surface area contributed by atoms with Gasteiger partial charge in [-0.05, 0) is 64.2 Å². The van der Waals surface area contributed by atoms with E-state index in [-0.39, 0.29) is 26.1 Å².